The first-order chi connectivity index (χ1) is 13.5. The molecule has 152 valence electrons. The minimum atomic E-state index is -0.169. The summed E-state index contributed by atoms with van der Waals surface area (Å²) >= 11 is 0. The molecule has 28 heavy (non-hydrogen) atoms. The number of carbonyl (C=O) groups is 2. The number of imide groups is 1. The van der Waals surface area contributed by atoms with Crippen LogP contribution in [0.5, 0.6) is 0 Å². The molecule has 0 radical (unpaired) electrons. The topological polar surface area (TPSA) is 65.0 Å². The van der Waals surface area contributed by atoms with Crippen LogP contribution >= 0.6 is 0 Å². The van der Waals surface area contributed by atoms with E-state index in [0.717, 1.165) is 50.3 Å². The fourth-order valence-corrected chi connectivity index (χ4v) is 4.25. The van der Waals surface area contributed by atoms with Crippen molar-refractivity contribution in [1.82, 2.24) is 15.1 Å². The van der Waals surface area contributed by atoms with E-state index in [4.69, 9.17) is 0 Å². The number of fused-ring (bicyclic) bond motifs is 1. The van der Waals surface area contributed by atoms with Crippen LogP contribution in [0.25, 0.3) is 0 Å². The van der Waals surface area contributed by atoms with Crippen molar-refractivity contribution in [2.75, 3.05) is 33.2 Å². The van der Waals surface area contributed by atoms with Gasteiger partial charge >= 0.3 is 0 Å². The zero-order valence-electron chi connectivity index (χ0n) is 17.3. The zero-order valence-corrected chi connectivity index (χ0v) is 17.3. The third kappa shape index (κ3) is 4.54. The predicted octanol–water partition coefficient (Wildman–Crippen LogP) is 3.01. The first kappa shape index (κ1) is 20.4. The Hall–Kier alpha value is -2.37. The molecule has 1 unspecified atom stereocenters. The summed E-state index contributed by atoms with van der Waals surface area (Å²) in [5, 5.41) is 3.44. The largest absolute Gasteiger partial charge is 0.356 e. The van der Waals surface area contributed by atoms with E-state index in [-0.39, 0.29) is 11.8 Å². The Kier molecular flexibility index (Phi) is 6.70. The van der Waals surface area contributed by atoms with Crippen LogP contribution in [0.2, 0.25) is 0 Å². The number of carbonyl (C=O) groups excluding carboxylic acids is 2. The fourth-order valence-electron chi connectivity index (χ4n) is 4.25. The number of hydrogen-bond donors (Lipinski definition) is 1. The van der Waals surface area contributed by atoms with Gasteiger partial charge < -0.3 is 10.2 Å². The molecular formula is C22H32N4O2. The van der Waals surface area contributed by atoms with Crippen LogP contribution < -0.4 is 5.32 Å². The molecule has 0 saturated carbocycles. The van der Waals surface area contributed by atoms with Crippen molar-refractivity contribution in [3.8, 4) is 0 Å². The molecule has 1 aromatic rings. The predicted molar refractivity (Wildman–Crippen MR) is 112 cm³/mol. The summed E-state index contributed by atoms with van der Waals surface area (Å²) in [6.07, 6.45) is 4.17. The maximum Gasteiger partial charge on any atom is 0.261 e. The Morgan fingerprint density at radius 2 is 1.86 bits per heavy atom. The van der Waals surface area contributed by atoms with E-state index in [2.05, 4.69) is 29.1 Å². The van der Waals surface area contributed by atoms with Gasteiger partial charge in [0.1, 0.15) is 0 Å². The van der Waals surface area contributed by atoms with E-state index in [0.29, 0.717) is 17.7 Å². The standard InChI is InChI=1S/C22H32N4O2/c1-16(2)14-17-10-13-25(15-17)22(23-3)24-11-6-7-12-26-20(27)18-8-4-5-9-19(18)21(26)28/h4-5,8-9,16-17H,6-7,10-15H2,1-3H3,(H,23,24). The van der Waals surface area contributed by atoms with E-state index < -0.39 is 0 Å². The van der Waals surface area contributed by atoms with E-state index in [1.54, 1.807) is 24.3 Å². The summed E-state index contributed by atoms with van der Waals surface area (Å²) in [6.45, 7) is 7.96. The second-order valence-electron chi connectivity index (χ2n) is 8.22. The highest BCUT2D eigenvalue weighted by Crippen LogP contribution is 2.24. The van der Waals surface area contributed by atoms with E-state index in [1.165, 1.54) is 17.7 Å². The van der Waals surface area contributed by atoms with Crippen molar-refractivity contribution in [2.45, 2.75) is 39.5 Å². The number of likely N-dealkylation sites (tertiary alicyclic amines) is 1. The molecule has 1 aromatic carbocycles. The van der Waals surface area contributed by atoms with Gasteiger partial charge in [0.15, 0.2) is 5.96 Å². The first-order valence-electron chi connectivity index (χ1n) is 10.4. The van der Waals surface area contributed by atoms with Crippen LogP contribution in [0.4, 0.5) is 0 Å². The Balaban J connectivity index is 1.39. The minimum absolute atomic E-state index is 0.169. The van der Waals surface area contributed by atoms with Crippen LogP contribution in [0.1, 0.15) is 60.2 Å². The van der Waals surface area contributed by atoms with Crippen LogP contribution in [0.15, 0.2) is 29.3 Å². The number of amides is 2. The molecule has 2 aliphatic rings. The molecule has 6 heteroatoms. The number of nitrogens with one attached hydrogen (secondary N) is 1. The van der Waals surface area contributed by atoms with Crippen molar-refractivity contribution in [1.29, 1.82) is 0 Å². The lowest BCUT2D eigenvalue weighted by Crippen LogP contribution is -2.40. The molecule has 2 amide bonds. The highest BCUT2D eigenvalue weighted by Gasteiger charge is 2.34. The number of aliphatic imine (C=N–C) groups is 1. The van der Waals surface area contributed by atoms with Gasteiger partial charge in [0.25, 0.3) is 11.8 Å². The lowest BCUT2D eigenvalue weighted by Gasteiger charge is -2.22. The van der Waals surface area contributed by atoms with Crippen LogP contribution in [0.3, 0.4) is 0 Å². The van der Waals surface area contributed by atoms with Crippen molar-refractivity contribution >= 4 is 17.8 Å². The summed E-state index contributed by atoms with van der Waals surface area (Å²) in [5.41, 5.74) is 1.05. The van der Waals surface area contributed by atoms with Crippen molar-refractivity contribution in [3.63, 3.8) is 0 Å². The molecule has 0 spiro atoms. The summed E-state index contributed by atoms with van der Waals surface area (Å²) in [4.78, 5) is 32.9. The Bertz CT molecular complexity index is 709. The summed E-state index contributed by atoms with van der Waals surface area (Å²) in [7, 11) is 1.83. The van der Waals surface area contributed by atoms with Gasteiger partial charge in [0, 0.05) is 33.2 Å². The smallest absolute Gasteiger partial charge is 0.261 e. The average Bonchev–Trinajstić information content (AvgIpc) is 3.22. The Morgan fingerprint density at radius 3 is 2.46 bits per heavy atom. The van der Waals surface area contributed by atoms with Crippen molar-refractivity contribution in [2.24, 2.45) is 16.8 Å². The molecule has 0 bridgehead atoms. The minimum Gasteiger partial charge on any atom is -0.356 e. The number of rotatable bonds is 7. The molecule has 1 saturated heterocycles. The third-order valence-corrected chi connectivity index (χ3v) is 5.57. The quantitative estimate of drug-likeness (QED) is 0.340. The van der Waals surface area contributed by atoms with E-state index >= 15 is 0 Å². The molecule has 3 rings (SSSR count). The summed E-state index contributed by atoms with van der Waals surface area (Å²) in [6, 6.07) is 7.05. The number of unbranched alkanes of at least 4 members (excludes halogenated alkanes) is 1. The fraction of sp³-hybridized carbons (Fsp3) is 0.591. The van der Waals surface area contributed by atoms with Gasteiger partial charge in [-0.15, -0.1) is 0 Å². The maximum atomic E-state index is 12.4. The normalized spacial score (nSPS) is 19.7. The van der Waals surface area contributed by atoms with Crippen LogP contribution in [0, 0.1) is 11.8 Å². The number of nitrogens with zero attached hydrogens (tertiary/aromatic N) is 3. The third-order valence-electron chi connectivity index (χ3n) is 5.57. The van der Waals surface area contributed by atoms with Crippen molar-refractivity contribution in [3.05, 3.63) is 35.4 Å². The lowest BCUT2D eigenvalue weighted by atomic mass is 9.97. The molecular weight excluding hydrogens is 352 g/mol. The van der Waals surface area contributed by atoms with Gasteiger partial charge in [-0.3, -0.25) is 19.5 Å². The second-order valence-corrected chi connectivity index (χ2v) is 8.22. The lowest BCUT2D eigenvalue weighted by molar-refractivity contribution is 0.0652. The monoisotopic (exact) mass is 384 g/mol. The zero-order chi connectivity index (χ0) is 20.1. The molecule has 0 aromatic heterocycles. The molecule has 2 aliphatic heterocycles. The average molecular weight is 385 g/mol. The molecule has 1 atom stereocenters. The Labute approximate surface area is 168 Å². The summed E-state index contributed by atoms with van der Waals surface area (Å²) in [5.74, 6) is 2.12. The highest BCUT2D eigenvalue weighted by atomic mass is 16.2. The number of benzene rings is 1. The molecule has 0 aliphatic carbocycles. The summed E-state index contributed by atoms with van der Waals surface area (Å²) < 4.78 is 0. The number of hydrogen-bond acceptors (Lipinski definition) is 3. The van der Waals surface area contributed by atoms with E-state index in [9.17, 15) is 9.59 Å². The SMILES string of the molecule is CN=C(NCCCCN1C(=O)c2ccccc2C1=O)N1CCC(CC(C)C)C1. The van der Waals surface area contributed by atoms with Gasteiger partial charge in [0.2, 0.25) is 0 Å². The molecule has 1 N–H and O–H groups in total. The van der Waals surface area contributed by atoms with Crippen molar-refractivity contribution < 1.29 is 9.59 Å². The van der Waals surface area contributed by atoms with Gasteiger partial charge in [-0.05, 0) is 49.7 Å². The molecule has 1 fully saturated rings. The van der Waals surface area contributed by atoms with Crippen LogP contribution in [-0.4, -0.2) is 60.8 Å². The Morgan fingerprint density at radius 1 is 1.18 bits per heavy atom. The van der Waals surface area contributed by atoms with Gasteiger partial charge in [-0.2, -0.15) is 0 Å². The van der Waals surface area contributed by atoms with Gasteiger partial charge in [0.05, 0.1) is 11.1 Å². The van der Waals surface area contributed by atoms with Gasteiger partial charge in [-0.1, -0.05) is 26.0 Å². The molecule has 2 heterocycles. The van der Waals surface area contributed by atoms with Crippen LogP contribution in [-0.2, 0) is 0 Å². The number of guanidine groups is 1. The van der Waals surface area contributed by atoms with Gasteiger partial charge in [-0.25, -0.2) is 0 Å². The maximum absolute atomic E-state index is 12.4. The van der Waals surface area contributed by atoms with E-state index in [1.807, 2.05) is 7.05 Å². The second kappa shape index (κ2) is 9.22. The first-order valence-corrected chi connectivity index (χ1v) is 10.4. The highest BCUT2D eigenvalue weighted by molar-refractivity contribution is 6.21. The molecule has 6 nitrogen and oxygen atoms in total.